The van der Waals surface area contributed by atoms with E-state index in [0.29, 0.717) is 6.04 Å². The fourth-order valence-electron chi connectivity index (χ4n) is 3.01. The molecule has 1 aliphatic rings. The fraction of sp³-hybridized carbons (Fsp3) is 0.588. The first kappa shape index (κ1) is 14.9. The van der Waals surface area contributed by atoms with E-state index in [1.807, 2.05) is 11.3 Å². The second-order valence-corrected chi connectivity index (χ2v) is 7.23. The molecule has 0 bridgehead atoms. The van der Waals surface area contributed by atoms with E-state index in [1.54, 1.807) is 0 Å². The van der Waals surface area contributed by atoms with Crippen molar-refractivity contribution in [2.45, 2.75) is 39.3 Å². The van der Waals surface area contributed by atoms with Crippen molar-refractivity contribution < 1.29 is 0 Å². The van der Waals surface area contributed by atoms with Gasteiger partial charge >= 0.3 is 0 Å². The number of fused-ring (bicyclic) bond motifs is 1. The van der Waals surface area contributed by atoms with Gasteiger partial charge in [0.1, 0.15) is 5.01 Å². The molecule has 1 aromatic heterocycles. The molecule has 3 nitrogen and oxygen atoms in total. The lowest BCUT2D eigenvalue weighted by Crippen LogP contribution is -2.41. The summed E-state index contributed by atoms with van der Waals surface area (Å²) in [6.07, 6.45) is 2.48. The SMILES string of the molecule is CCC(C)C1CN(Cc2nc3ccccc3s2)CCCN1. The predicted octanol–water partition coefficient (Wildman–Crippen LogP) is 3.51. The number of para-hydroxylation sites is 1. The highest BCUT2D eigenvalue weighted by Gasteiger charge is 2.22. The van der Waals surface area contributed by atoms with E-state index < -0.39 is 0 Å². The third-order valence-electron chi connectivity index (χ3n) is 4.54. The second kappa shape index (κ2) is 6.86. The van der Waals surface area contributed by atoms with Crippen LogP contribution in [0.2, 0.25) is 0 Å². The first-order valence-electron chi connectivity index (χ1n) is 8.06. The zero-order valence-electron chi connectivity index (χ0n) is 13.0. The third kappa shape index (κ3) is 3.62. The average molecular weight is 303 g/mol. The molecule has 0 amide bonds. The molecule has 3 rings (SSSR count). The summed E-state index contributed by atoms with van der Waals surface area (Å²) in [4.78, 5) is 7.36. The van der Waals surface area contributed by atoms with E-state index in [-0.39, 0.29) is 0 Å². The van der Waals surface area contributed by atoms with Crippen molar-refractivity contribution in [2.24, 2.45) is 5.92 Å². The lowest BCUT2D eigenvalue weighted by molar-refractivity contribution is 0.231. The highest BCUT2D eigenvalue weighted by molar-refractivity contribution is 7.18. The van der Waals surface area contributed by atoms with Crippen LogP contribution in [0.4, 0.5) is 0 Å². The maximum atomic E-state index is 4.78. The van der Waals surface area contributed by atoms with Gasteiger partial charge in [-0.05, 0) is 37.6 Å². The van der Waals surface area contributed by atoms with Gasteiger partial charge in [-0.25, -0.2) is 4.98 Å². The molecule has 1 saturated heterocycles. The number of aromatic nitrogens is 1. The van der Waals surface area contributed by atoms with E-state index in [0.717, 1.165) is 31.1 Å². The van der Waals surface area contributed by atoms with Crippen LogP contribution in [-0.2, 0) is 6.54 Å². The Bertz CT molecular complexity index is 547. The smallest absolute Gasteiger partial charge is 0.108 e. The van der Waals surface area contributed by atoms with Gasteiger partial charge in [0.25, 0.3) is 0 Å². The van der Waals surface area contributed by atoms with Crippen molar-refractivity contribution in [3.8, 4) is 0 Å². The minimum atomic E-state index is 0.617. The summed E-state index contributed by atoms with van der Waals surface area (Å²) in [6.45, 7) is 9.11. The zero-order valence-corrected chi connectivity index (χ0v) is 13.8. The second-order valence-electron chi connectivity index (χ2n) is 6.11. The average Bonchev–Trinajstić information content (AvgIpc) is 2.76. The van der Waals surface area contributed by atoms with Gasteiger partial charge in [0.15, 0.2) is 0 Å². The number of nitrogens with one attached hydrogen (secondary N) is 1. The number of hydrogen-bond acceptors (Lipinski definition) is 4. The molecule has 2 heterocycles. The van der Waals surface area contributed by atoms with Crippen LogP contribution in [0.5, 0.6) is 0 Å². The van der Waals surface area contributed by atoms with Gasteiger partial charge in [-0.1, -0.05) is 32.4 Å². The fourth-order valence-corrected chi connectivity index (χ4v) is 4.02. The number of hydrogen-bond donors (Lipinski definition) is 1. The summed E-state index contributed by atoms with van der Waals surface area (Å²) < 4.78 is 1.30. The van der Waals surface area contributed by atoms with Crippen LogP contribution >= 0.6 is 11.3 Å². The van der Waals surface area contributed by atoms with E-state index in [9.17, 15) is 0 Å². The Hall–Kier alpha value is -0.970. The predicted molar refractivity (Wildman–Crippen MR) is 90.8 cm³/mol. The largest absolute Gasteiger partial charge is 0.312 e. The molecule has 0 aliphatic carbocycles. The molecule has 21 heavy (non-hydrogen) atoms. The maximum Gasteiger partial charge on any atom is 0.108 e. The van der Waals surface area contributed by atoms with Gasteiger partial charge in [-0.15, -0.1) is 11.3 Å². The molecule has 1 aromatic carbocycles. The van der Waals surface area contributed by atoms with Gasteiger partial charge in [0.05, 0.1) is 16.8 Å². The molecule has 2 aromatic rings. The summed E-state index contributed by atoms with van der Waals surface area (Å²) in [6, 6.07) is 9.07. The molecule has 1 fully saturated rings. The number of rotatable bonds is 4. The van der Waals surface area contributed by atoms with Gasteiger partial charge in [0, 0.05) is 12.6 Å². The summed E-state index contributed by atoms with van der Waals surface area (Å²) in [5.74, 6) is 0.737. The monoisotopic (exact) mass is 303 g/mol. The van der Waals surface area contributed by atoms with Crippen LogP contribution in [0.15, 0.2) is 24.3 Å². The van der Waals surface area contributed by atoms with Crippen LogP contribution in [0.3, 0.4) is 0 Å². The van der Waals surface area contributed by atoms with Crippen molar-refractivity contribution >= 4 is 21.6 Å². The van der Waals surface area contributed by atoms with Crippen LogP contribution in [0.25, 0.3) is 10.2 Å². The molecule has 0 spiro atoms. The summed E-state index contributed by atoms with van der Waals surface area (Å²) in [5.41, 5.74) is 1.14. The minimum Gasteiger partial charge on any atom is -0.312 e. The highest BCUT2D eigenvalue weighted by Crippen LogP contribution is 2.23. The van der Waals surface area contributed by atoms with Crippen LogP contribution < -0.4 is 5.32 Å². The molecule has 4 heteroatoms. The first-order chi connectivity index (χ1) is 10.3. The van der Waals surface area contributed by atoms with Crippen molar-refractivity contribution in [1.82, 2.24) is 15.2 Å². The van der Waals surface area contributed by atoms with Crippen molar-refractivity contribution in [3.63, 3.8) is 0 Å². The zero-order chi connectivity index (χ0) is 14.7. The Morgan fingerprint density at radius 2 is 2.29 bits per heavy atom. The Morgan fingerprint density at radius 3 is 3.10 bits per heavy atom. The van der Waals surface area contributed by atoms with Gasteiger partial charge in [-0.2, -0.15) is 0 Å². The molecule has 2 atom stereocenters. The lowest BCUT2D eigenvalue weighted by Gasteiger charge is -2.27. The molecule has 0 radical (unpaired) electrons. The topological polar surface area (TPSA) is 28.2 Å². The van der Waals surface area contributed by atoms with Crippen molar-refractivity contribution in [3.05, 3.63) is 29.3 Å². The van der Waals surface area contributed by atoms with Crippen LogP contribution in [0, 0.1) is 5.92 Å². The molecular weight excluding hydrogens is 278 g/mol. The quantitative estimate of drug-likeness (QED) is 0.937. The van der Waals surface area contributed by atoms with E-state index in [1.165, 1.54) is 29.1 Å². The van der Waals surface area contributed by atoms with Crippen LogP contribution in [-0.4, -0.2) is 35.6 Å². The van der Waals surface area contributed by atoms with E-state index in [2.05, 4.69) is 48.3 Å². The molecule has 1 aliphatic heterocycles. The van der Waals surface area contributed by atoms with Crippen molar-refractivity contribution in [2.75, 3.05) is 19.6 Å². The Labute approximate surface area is 131 Å². The normalized spacial score (nSPS) is 22.3. The molecular formula is C17H25N3S. The molecule has 2 unspecified atom stereocenters. The summed E-state index contributed by atoms with van der Waals surface area (Å²) >= 11 is 1.84. The summed E-state index contributed by atoms with van der Waals surface area (Å²) in [5, 5.41) is 4.97. The standard InChI is InChI=1S/C17H25N3S/c1-3-13(2)15-11-20(10-6-9-18-15)12-17-19-14-7-4-5-8-16(14)21-17/h4-5,7-8,13,15,18H,3,6,9-12H2,1-2H3. The lowest BCUT2D eigenvalue weighted by atomic mass is 9.99. The van der Waals surface area contributed by atoms with Crippen molar-refractivity contribution in [1.29, 1.82) is 0 Å². The maximum absolute atomic E-state index is 4.78. The van der Waals surface area contributed by atoms with Crippen LogP contribution in [0.1, 0.15) is 31.7 Å². The number of nitrogens with zero attached hydrogens (tertiary/aromatic N) is 2. The molecule has 114 valence electrons. The summed E-state index contributed by atoms with van der Waals surface area (Å²) in [7, 11) is 0. The van der Waals surface area contributed by atoms with Gasteiger partial charge < -0.3 is 5.32 Å². The Balaban J connectivity index is 1.70. The molecule has 1 N–H and O–H groups in total. The van der Waals surface area contributed by atoms with Gasteiger partial charge in [-0.3, -0.25) is 4.90 Å². The van der Waals surface area contributed by atoms with Gasteiger partial charge in [0.2, 0.25) is 0 Å². The van der Waals surface area contributed by atoms with E-state index >= 15 is 0 Å². The number of benzene rings is 1. The molecule has 0 saturated carbocycles. The number of thiazole rings is 1. The Morgan fingerprint density at radius 1 is 1.43 bits per heavy atom. The third-order valence-corrected chi connectivity index (χ3v) is 5.56. The Kier molecular flexibility index (Phi) is 4.88. The minimum absolute atomic E-state index is 0.617. The highest BCUT2D eigenvalue weighted by atomic mass is 32.1. The van der Waals surface area contributed by atoms with E-state index in [4.69, 9.17) is 4.98 Å². The first-order valence-corrected chi connectivity index (χ1v) is 8.88.